The van der Waals surface area contributed by atoms with Gasteiger partial charge < -0.3 is 0 Å². The van der Waals surface area contributed by atoms with Crippen molar-refractivity contribution < 1.29 is 4.84 Å². The Morgan fingerprint density at radius 3 is 3.18 bits per heavy atom. The van der Waals surface area contributed by atoms with Crippen molar-refractivity contribution >= 4 is 17.2 Å². The Kier molecular flexibility index (Phi) is 2.87. The number of H-pyrrole nitrogens is 1. The zero-order valence-corrected chi connectivity index (χ0v) is 6.68. The maximum Gasteiger partial charge on any atom is 0.233 e. The van der Waals surface area contributed by atoms with Gasteiger partial charge in [0.1, 0.15) is 0 Å². The molecule has 1 heterocycles. The third-order valence-corrected chi connectivity index (χ3v) is 1.12. The van der Waals surface area contributed by atoms with Gasteiger partial charge in [0.15, 0.2) is 4.99 Å². The molecule has 0 saturated carbocycles. The lowest BCUT2D eigenvalue weighted by molar-refractivity contribution is 0.0987. The predicted octanol–water partition coefficient (Wildman–Crippen LogP) is -0.584. The molecule has 11 heavy (non-hydrogen) atoms. The first-order valence-corrected chi connectivity index (χ1v) is 3.41. The lowest BCUT2D eigenvalue weighted by atomic mass is 10.6. The summed E-state index contributed by atoms with van der Waals surface area (Å²) in [6.07, 6.45) is 0. The molecule has 1 aromatic rings. The van der Waals surface area contributed by atoms with Crippen LogP contribution in [-0.2, 0) is 4.84 Å². The van der Waals surface area contributed by atoms with E-state index < -0.39 is 0 Å². The summed E-state index contributed by atoms with van der Waals surface area (Å²) in [4.78, 5) is 5.13. The maximum absolute atomic E-state index is 4.82. The molecular formula is C4H7N5OS. The second-order valence-electron chi connectivity index (χ2n) is 1.60. The molecular weight excluding hydrogens is 166 g/mol. The van der Waals surface area contributed by atoms with E-state index in [1.54, 1.807) is 0 Å². The van der Waals surface area contributed by atoms with Gasteiger partial charge in [0.05, 0.1) is 6.61 Å². The van der Waals surface area contributed by atoms with Crippen LogP contribution >= 0.6 is 12.2 Å². The van der Waals surface area contributed by atoms with Crippen LogP contribution in [0, 0.1) is 0 Å². The number of hydrogen-bond acceptors (Lipinski definition) is 5. The highest BCUT2D eigenvalue weighted by atomic mass is 32.1. The lowest BCUT2D eigenvalue weighted by Crippen LogP contribution is -2.23. The zero-order chi connectivity index (χ0) is 8.10. The third kappa shape index (κ3) is 2.20. The number of nitrogens with zero attached hydrogens (tertiary/aromatic N) is 3. The van der Waals surface area contributed by atoms with E-state index in [1.165, 1.54) is 0 Å². The van der Waals surface area contributed by atoms with Gasteiger partial charge in [-0.2, -0.15) is 5.21 Å². The first kappa shape index (κ1) is 8.02. The van der Waals surface area contributed by atoms with Gasteiger partial charge >= 0.3 is 0 Å². The molecule has 0 amide bonds. The molecule has 0 bridgehead atoms. The molecule has 1 aromatic heterocycles. The van der Waals surface area contributed by atoms with Gasteiger partial charge in [-0.3, -0.25) is 10.3 Å². The molecule has 0 atom stereocenters. The van der Waals surface area contributed by atoms with E-state index in [2.05, 4.69) is 26.1 Å². The van der Waals surface area contributed by atoms with E-state index in [0.29, 0.717) is 17.4 Å². The first-order chi connectivity index (χ1) is 5.34. The maximum atomic E-state index is 4.82. The fourth-order valence-electron chi connectivity index (χ4n) is 0.441. The third-order valence-electron chi connectivity index (χ3n) is 0.858. The van der Waals surface area contributed by atoms with E-state index in [1.807, 2.05) is 6.92 Å². The van der Waals surface area contributed by atoms with Gasteiger partial charge in [-0.05, 0) is 12.1 Å². The summed E-state index contributed by atoms with van der Waals surface area (Å²) in [5.41, 5.74) is 2.48. The second-order valence-corrected chi connectivity index (χ2v) is 2.01. The number of tetrazole rings is 1. The Morgan fingerprint density at radius 1 is 1.82 bits per heavy atom. The SMILES string of the molecule is CCONC(=S)c1nn[nH]n1. The molecule has 7 heteroatoms. The fraction of sp³-hybridized carbons (Fsp3) is 0.500. The summed E-state index contributed by atoms with van der Waals surface area (Å²) in [6, 6.07) is 0. The average molecular weight is 173 g/mol. The van der Waals surface area contributed by atoms with Crippen LogP contribution < -0.4 is 5.48 Å². The number of nitrogens with one attached hydrogen (secondary N) is 2. The van der Waals surface area contributed by atoms with Crippen LogP contribution in [0.15, 0.2) is 0 Å². The summed E-state index contributed by atoms with van der Waals surface area (Å²) < 4.78 is 0. The van der Waals surface area contributed by atoms with Gasteiger partial charge in [-0.15, -0.1) is 10.2 Å². The van der Waals surface area contributed by atoms with Crippen molar-refractivity contribution in [2.75, 3.05) is 6.61 Å². The molecule has 0 spiro atoms. The van der Waals surface area contributed by atoms with E-state index >= 15 is 0 Å². The molecule has 0 radical (unpaired) electrons. The Morgan fingerprint density at radius 2 is 2.64 bits per heavy atom. The molecule has 0 aromatic carbocycles. The van der Waals surface area contributed by atoms with E-state index in [0.717, 1.165) is 0 Å². The highest BCUT2D eigenvalue weighted by molar-refractivity contribution is 7.80. The largest absolute Gasteiger partial charge is 0.276 e. The molecule has 0 unspecified atom stereocenters. The van der Waals surface area contributed by atoms with Gasteiger partial charge in [0.25, 0.3) is 0 Å². The normalized spacial score (nSPS) is 9.55. The van der Waals surface area contributed by atoms with E-state index in [-0.39, 0.29) is 0 Å². The highest BCUT2D eigenvalue weighted by Gasteiger charge is 2.03. The molecule has 0 fully saturated rings. The van der Waals surface area contributed by atoms with Crippen LogP contribution in [-0.4, -0.2) is 32.2 Å². The van der Waals surface area contributed by atoms with Crippen LogP contribution in [0.3, 0.4) is 0 Å². The van der Waals surface area contributed by atoms with Crippen LogP contribution in [0.25, 0.3) is 0 Å². The topological polar surface area (TPSA) is 75.7 Å². The summed E-state index contributed by atoms with van der Waals surface area (Å²) in [6.45, 7) is 2.36. The van der Waals surface area contributed by atoms with Crippen molar-refractivity contribution in [3.05, 3.63) is 5.82 Å². The Bertz CT molecular complexity index is 222. The van der Waals surface area contributed by atoms with E-state index in [4.69, 9.17) is 17.1 Å². The van der Waals surface area contributed by atoms with Crippen molar-refractivity contribution in [1.82, 2.24) is 26.1 Å². The Balaban J connectivity index is 2.43. The number of thiocarbonyl (C=S) groups is 1. The van der Waals surface area contributed by atoms with Crippen molar-refractivity contribution in [2.24, 2.45) is 0 Å². The smallest absolute Gasteiger partial charge is 0.233 e. The van der Waals surface area contributed by atoms with E-state index in [9.17, 15) is 0 Å². The molecule has 0 aliphatic rings. The average Bonchev–Trinajstić information content (AvgIpc) is 2.52. The van der Waals surface area contributed by atoms with Crippen LogP contribution in [0.1, 0.15) is 12.7 Å². The first-order valence-electron chi connectivity index (χ1n) is 3.00. The predicted molar refractivity (Wildman–Crippen MR) is 40.6 cm³/mol. The van der Waals surface area contributed by atoms with Crippen LogP contribution in [0.4, 0.5) is 0 Å². The van der Waals surface area contributed by atoms with Crippen LogP contribution in [0.5, 0.6) is 0 Å². The molecule has 0 aliphatic heterocycles. The van der Waals surface area contributed by atoms with Crippen molar-refractivity contribution in [2.45, 2.75) is 6.92 Å². The lowest BCUT2D eigenvalue weighted by Gasteiger charge is -2.00. The highest BCUT2D eigenvalue weighted by Crippen LogP contribution is 1.84. The minimum atomic E-state index is 0.320. The minimum absolute atomic E-state index is 0.320. The standard InChI is InChI=1S/C4H7N5OS/c1-2-10-7-4(11)3-5-8-9-6-3/h2H2,1H3,(H,7,11)(H,5,6,8,9). The summed E-state index contributed by atoms with van der Waals surface area (Å²) in [5, 5.41) is 12.9. The monoisotopic (exact) mass is 173 g/mol. The molecule has 6 nitrogen and oxygen atoms in total. The van der Waals surface area contributed by atoms with Gasteiger partial charge in [-0.1, -0.05) is 12.2 Å². The number of aromatic amines is 1. The number of aromatic nitrogens is 4. The summed E-state index contributed by atoms with van der Waals surface area (Å²) in [5.74, 6) is 0.327. The Labute approximate surface area is 68.3 Å². The second kappa shape index (κ2) is 3.94. The zero-order valence-electron chi connectivity index (χ0n) is 5.87. The van der Waals surface area contributed by atoms with Crippen molar-refractivity contribution in [1.29, 1.82) is 0 Å². The van der Waals surface area contributed by atoms with Crippen LogP contribution in [0.2, 0.25) is 0 Å². The quantitative estimate of drug-likeness (QED) is 0.470. The summed E-state index contributed by atoms with van der Waals surface area (Å²) in [7, 11) is 0. The Hall–Kier alpha value is -1.08. The van der Waals surface area contributed by atoms with Gasteiger partial charge in [0, 0.05) is 0 Å². The van der Waals surface area contributed by atoms with Gasteiger partial charge in [-0.25, -0.2) is 0 Å². The molecule has 1 rings (SSSR count). The molecule has 60 valence electrons. The number of hydrogen-bond donors (Lipinski definition) is 2. The minimum Gasteiger partial charge on any atom is -0.276 e. The van der Waals surface area contributed by atoms with Crippen molar-refractivity contribution in [3.8, 4) is 0 Å². The summed E-state index contributed by atoms with van der Waals surface area (Å²) >= 11 is 4.82. The fourth-order valence-corrected chi connectivity index (χ4v) is 0.587. The molecule has 2 N–H and O–H groups in total. The molecule has 0 aliphatic carbocycles. The number of hydroxylamine groups is 1. The van der Waals surface area contributed by atoms with Crippen molar-refractivity contribution in [3.63, 3.8) is 0 Å². The molecule has 0 saturated heterocycles. The van der Waals surface area contributed by atoms with Gasteiger partial charge in [0.2, 0.25) is 5.82 Å². The number of rotatable bonds is 3.